The van der Waals surface area contributed by atoms with Crippen molar-refractivity contribution in [3.05, 3.63) is 83.9 Å². The van der Waals surface area contributed by atoms with Gasteiger partial charge < -0.3 is 19.7 Å². The molecule has 0 spiro atoms. The molecule has 0 radical (unpaired) electrons. The number of rotatable bonds is 9. The molecule has 38 heavy (non-hydrogen) atoms. The third-order valence-corrected chi connectivity index (χ3v) is 8.22. The number of ether oxygens (including phenoxy) is 2. The number of para-hydroxylation sites is 2. The highest BCUT2D eigenvalue weighted by Gasteiger charge is 2.36. The van der Waals surface area contributed by atoms with E-state index < -0.39 is 28.6 Å². The summed E-state index contributed by atoms with van der Waals surface area (Å²) < 4.78 is 39.4. The van der Waals surface area contributed by atoms with Gasteiger partial charge in [0, 0.05) is 13.1 Å². The monoisotopic (exact) mass is 537 g/mol. The molecule has 1 aliphatic rings. The van der Waals surface area contributed by atoms with Crippen LogP contribution in [0.25, 0.3) is 0 Å². The van der Waals surface area contributed by atoms with Crippen molar-refractivity contribution in [2.24, 2.45) is 0 Å². The quantitative estimate of drug-likeness (QED) is 0.450. The van der Waals surface area contributed by atoms with E-state index in [1.54, 1.807) is 50.2 Å². The minimum atomic E-state index is -4.05. The van der Waals surface area contributed by atoms with E-state index in [1.807, 2.05) is 30.3 Å². The van der Waals surface area contributed by atoms with Crippen LogP contribution in [0.15, 0.2) is 77.7 Å². The van der Waals surface area contributed by atoms with E-state index in [1.165, 1.54) is 18.1 Å². The van der Waals surface area contributed by atoms with E-state index in [2.05, 4.69) is 5.32 Å². The largest absolute Gasteiger partial charge is 0.495 e. The van der Waals surface area contributed by atoms with Crippen LogP contribution in [0.2, 0.25) is 0 Å². The van der Waals surface area contributed by atoms with E-state index in [0.29, 0.717) is 18.0 Å². The molecule has 0 saturated carbocycles. The van der Waals surface area contributed by atoms with Gasteiger partial charge in [0.2, 0.25) is 15.9 Å². The molecule has 0 aromatic heterocycles. The zero-order valence-electron chi connectivity index (χ0n) is 21.6. The van der Waals surface area contributed by atoms with Crippen molar-refractivity contribution in [1.29, 1.82) is 0 Å². The molecule has 0 fully saturated rings. The molecule has 3 aromatic carbocycles. The van der Waals surface area contributed by atoms with Crippen molar-refractivity contribution in [1.82, 2.24) is 9.62 Å². The Morgan fingerprint density at radius 3 is 2.50 bits per heavy atom. The average Bonchev–Trinajstić information content (AvgIpc) is 2.94. The van der Waals surface area contributed by atoms with Crippen LogP contribution in [0.4, 0.5) is 5.69 Å². The van der Waals surface area contributed by atoms with Crippen LogP contribution in [0, 0.1) is 6.92 Å². The first-order chi connectivity index (χ1) is 18.2. The van der Waals surface area contributed by atoms with Crippen molar-refractivity contribution < 1.29 is 27.5 Å². The summed E-state index contributed by atoms with van der Waals surface area (Å²) in [7, 11) is -2.64. The van der Waals surface area contributed by atoms with Gasteiger partial charge in [0.15, 0.2) is 6.10 Å². The number of carbonyl (C=O) groups is 2. The third kappa shape index (κ3) is 5.81. The van der Waals surface area contributed by atoms with Crippen LogP contribution in [0.3, 0.4) is 0 Å². The number of sulfonamides is 1. The molecule has 1 N–H and O–H groups in total. The Labute approximate surface area is 223 Å². The average molecular weight is 538 g/mol. The second kappa shape index (κ2) is 11.7. The molecular formula is C28H31N3O6S. The van der Waals surface area contributed by atoms with E-state index in [4.69, 9.17) is 9.47 Å². The summed E-state index contributed by atoms with van der Waals surface area (Å²) in [6.45, 7) is 3.37. The molecule has 10 heteroatoms. The maximum Gasteiger partial charge on any atom is 0.263 e. The first-order valence-corrected chi connectivity index (χ1v) is 13.7. The zero-order chi connectivity index (χ0) is 27.3. The number of amides is 2. The number of methoxy groups -OCH3 is 1. The maximum absolute atomic E-state index is 13.6. The number of benzene rings is 3. The van der Waals surface area contributed by atoms with Gasteiger partial charge in [0.05, 0.1) is 25.9 Å². The number of nitrogens with one attached hydrogen (secondary N) is 1. The number of carbonyl (C=O) groups excluding carboxylic acids is 2. The fourth-order valence-corrected chi connectivity index (χ4v) is 5.87. The number of fused-ring (bicyclic) bond motifs is 1. The Balaban J connectivity index is 1.55. The smallest absolute Gasteiger partial charge is 0.263 e. The summed E-state index contributed by atoms with van der Waals surface area (Å²) in [5.41, 5.74) is 2.16. The molecule has 0 saturated heterocycles. The van der Waals surface area contributed by atoms with Crippen molar-refractivity contribution in [3.8, 4) is 11.5 Å². The minimum absolute atomic E-state index is 0.00445. The second-order valence-corrected chi connectivity index (χ2v) is 10.8. The Morgan fingerprint density at radius 2 is 1.79 bits per heavy atom. The van der Waals surface area contributed by atoms with Crippen molar-refractivity contribution >= 4 is 27.5 Å². The van der Waals surface area contributed by atoms with Gasteiger partial charge >= 0.3 is 0 Å². The summed E-state index contributed by atoms with van der Waals surface area (Å²) in [5.74, 6) is -0.268. The van der Waals surface area contributed by atoms with Crippen LogP contribution in [0.5, 0.6) is 11.5 Å². The standard InChI is InChI=1S/C28H31N3O6S/c1-4-30(38(34,35)26-16-20(2)14-15-24(26)36-3)19-27(32)31-18-25(37-23-13-9-8-12-22(23)31)28(33)29-17-21-10-6-5-7-11-21/h5-16,25H,4,17-19H2,1-3H3,(H,29,33)/t25-/m0/s1. The maximum atomic E-state index is 13.6. The molecule has 2 amide bonds. The lowest BCUT2D eigenvalue weighted by atomic mass is 10.1. The molecular weight excluding hydrogens is 506 g/mol. The predicted molar refractivity (Wildman–Crippen MR) is 144 cm³/mol. The first-order valence-electron chi connectivity index (χ1n) is 12.3. The third-order valence-electron chi connectivity index (χ3n) is 6.28. The Morgan fingerprint density at radius 1 is 1.08 bits per heavy atom. The summed E-state index contributed by atoms with van der Waals surface area (Å²) in [6.07, 6.45) is -0.957. The van der Waals surface area contributed by atoms with Crippen LogP contribution in [-0.2, 0) is 26.2 Å². The topological polar surface area (TPSA) is 105 Å². The zero-order valence-corrected chi connectivity index (χ0v) is 22.4. The number of hydrogen-bond acceptors (Lipinski definition) is 6. The SMILES string of the molecule is CCN(CC(=O)N1C[C@@H](C(=O)NCc2ccccc2)Oc2ccccc21)S(=O)(=O)c1cc(C)ccc1OC. The van der Waals surface area contributed by atoms with Crippen LogP contribution in [-0.4, -0.2) is 57.4 Å². The number of anilines is 1. The van der Waals surface area contributed by atoms with Crippen LogP contribution in [0.1, 0.15) is 18.1 Å². The number of nitrogens with zero attached hydrogens (tertiary/aromatic N) is 2. The summed E-state index contributed by atoms with van der Waals surface area (Å²) >= 11 is 0. The van der Waals surface area contributed by atoms with E-state index in [-0.39, 0.29) is 29.6 Å². The number of hydrogen-bond donors (Lipinski definition) is 1. The van der Waals surface area contributed by atoms with Gasteiger partial charge in [-0.05, 0) is 42.3 Å². The van der Waals surface area contributed by atoms with Gasteiger partial charge in [-0.2, -0.15) is 4.31 Å². The fraction of sp³-hybridized carbons (Fsp3) is 0.286. The Kier molecular flexibility index (Phi) is 8.33. The highest BCUT2D eigenvalue weighted by atomic mass is 32.2. The fourth-order valence-electron chi connectivity index (χ4n) is 4.23. The highest BCUT2D eigenvalue weighted by Crippen LogP contribution is 2.34. The molecule has 0 aliphatic carbocycles. The molecule has 1 heterocycles. The molecule has 9 nitrogen and oxygen atoms in total. The lowest BCUT2D eigenvalue weighted by Crippen LogP contribution is -2.53. The minimum Gasteiger partial charge on any atom is -0.495 e. The van der Waals surface area contributed by atoms with Gasteiger partial charge in [-0.3, -0.25) is 9.59 Å². The second-order valence-electron chi connectivity index (χ2n) is 8.87. The van der Waals surface area contributed by atoms with Gasteiger partial charge in [-0.25, -0.2) is 8.42 Å². The Hall–Kier alpha value is -3.89. The first kappa shape index (κ1) is 27.2. The van der Waals surface area contributed by atoms with Gasteiger partial charge in [0.25, 0.3) is 5.91 Å². The summed E-state index contributed by atoms with van der Waals surface area (Å²) in [5, 5.41) is 2.85. The molecule has 0 unspecified atom stereocenters. The molecule has 200 valence electrons. The van der Waals surface area contributed by atoms with Gasteiger partial charge in [-0.1, -0.05) is 55.5 Å². The van der Waals surface area contributed by atoms with E-state index >= 15 is 0 Å². The van der Waals surface area contributed by atoms with Crippen molar-refractivity contribution in [2.75, 3.05) is 31.6 Å². The van der Waals surface area contributed by atoms with Crippen LogP contribution >= 0.6 is 0 Å². The van der Waals surface area contributed by atoms with E-state index in [9.17, 15) is 18.0 Å². The highest BCUT2D eigenvalue weighted by molar-refractivity contribution is 7.89. The lowest BCUT2D eigenvalue weighted by Gasteiger charge is -2.35. The molecule has 0 bridgehead atoms. The predicted octanol–water partition coefficient (Wildman–Crippen LogP) is 3.12. The number of likely N-dealkylation sites (N-methyl/N-ethyl adjacent to an activating group) is 1. The molecule has 3 aromatic rings. The summed E-state index contributed by atoms with van der Waals surface area (Å²) in [6, 6.07) is 21.2. The molecule has 1 atom stereocenters. The van der Waals surface area contributed by atoms with Gasteiger partial charge in [0.1, 0.15) is 16.4 Å². The normalized spacial score (nSPS) is 14.9. The Bertz CT molecular complexity index is 1410. The van der Waals surface area contributed by atoms with Gasteiger partial charge in [-0.15, -0.1) is 0 Å². The van der Waals surface area contributed by atoms with E-state index in [0.717, 1.165) is 15.4 Å². The summed E-state index contributed by atoms with van der Waals surface area (Å²) in [4.78, 5) is 28.0. The number of aryl methyl sites for hydroxylation is 1. The lowest BCUT2D eigenvalue weighted by molar-refractivity contribution is -0.128. The van der Waals surface area contributed by atoms with Crippen molar-refractivity contribution in [3.63, 3.8) is 0 Å². The molecule has 1 aliphatic heterocycles. The van der Waals surface area contributed by atoms with Crippen LogP contribution < -0.4 is 19.7 Å². The van der Waals surface area contributed by atoms with Crippen molar-refractivity contribution in [2.45, 2.75) is 31.4 Å². The molecule has 4 rings (SSSR count).